The first-order chi connectivity index (χ1) is 9.70. The third-order valence-corrected chi connectivity index (χ3v) is 3.21. The van der Waals surface area contributed by atoms with Gasteiger partial charge in [-0.3, -0.25) is 9.67 Å². The predicted molar refractivity (Wildman–Crippen MR) is 81.5 cm³/mol. The fraction of sp³-hybridized carbons (Fsp3) is 0.467. The van der Waals surface area contributed by atoms with Crippen molar-refractivity contribution in [2.24, 2.45) is 7.05 Å². The molecule has 0 radical (unpaired) electrons. The SMILES string of the molecule is CCCNCc1cnccc1N(C)Cc1cnn(C)c1. The fourth-order valence-electron chi connectivity index (χ4n) is 2.24. The van der Waals surface area contributed by atoms with E-state index in [0.717, 1.165) is 26.1 Å². The highest BCUT2D eigenvalue weighted by molar-refractivity contribution is 5.51. The molecule has 5 nitrogen and oxygen atoms in total. The van der Waals surface area contributed by atoms with Gasteiger partial charge in [-0.05, 0) is 19.0 Å². The number of pyridine rings is 1. The van der Waals surface area contributed by atoms with Gasteiger partial charge in [-0.25, -0.2) is 0 Å². The molecule has 1 N–H and O–H groups in total. The van der Waals surface area contributed by atoms with Crippen molar-refractivity contribution in [2.75, 3.05) is 18.5 Å². The van der Waals surface area contributed by atoms with Crippen molar-refractivity contribution in [1.29, 1.82) is 0 Å². The molecule has 0 atom stereocenters. The Hall–Kier alpha value is -1.88. The lowest BCUT2D eigenvalue weighted by atomic mass is 10.2. The van der Waals surface area contributed by atoms with E-state index in [2.05, 4.69) is 40.3 Å². The molecular formula is C15H23N5. The minimum Gasteiger partial charge on any atom is -0.370 e. The van der Waals surface area contributed by atoms with Gasteiger partial charge in [0.15, 0.2) is 0 Å². The number of hydrogen-bond acceptors (Lipinski definition) is 4. The zero-order chi connectivity index (χ0) is 14.4. The highest BCUT2D eigenvalue weighted by Crippen LogP contribution is 2.19. The third-order valence-electron chi connectivity index (χ3n) is 3.21. The summed E-state index contributed by atoms with van der Waals surface area (Å²) in [5.74, 6) is 0. The van der Waals surface area contributed by atoms with Gasteiger partial charge in [0.25, 0.3) is 0 Å². The van der Waals surface area contributed by atoms with Crippen LogP contribution in [0.15, 0.2) is 30.9 Å². The molecule has 0 aliphatic carbocycles. The number of nitrogens with zero attached hydrogens (tertiary/aromatic N) is 4. The molecule has 0 aromatic carbocycles. The molecule has 0 spiro atoms. The number of anilines is 1. The standard InChI is InChI=1S/C15H23N5/c1-4-6-16-9-14-10-17-7-5-15(14)19(2)11-13-8-18-20(3)12-13/h5,7-8,10,12,16H,4,6,9,11H2,1-3H3. The maximum Gasteiger partial charge on any atom is 0.0539 e. The normalized spacial score (nSPS) is 10.8. The predicted octanol–water partition coefficient (Wildman–Crippen LogP) is 1.95. The Morgan fingerprint density at radius 2 is 2.20 bits per heavy atom. The van der Waals surface area contributed by atoms with Crippen LogP contribution in [-0.2, 0) is 20.1 Å². The molecule has 0 aliphatic heterocycles. The molecule has 5 heteroatoms. The summed E-state index contributed by atoms with van der Waals surface area (Å²) >= 11 is 0. The molecule has 20 heavy (non-hydrogen) atoms. The molecule has 0 saturated heterocycles. The van der Waals surface area contributed by atoms with Crippen molar-refractivity contribution in [3.8, 4) is 0 Å². The van der Waals surface area contributed by atoms with Gasteiger partial charge < -0.3 is 10.2 Å². The van der Waals surface area contributed by atoms with Crippen LogP contribution in [0.5, 0.6) is 0 Å². The largest absolute Gasteiger partial charge is 0.370 e. The van der Waals surface area contributed by atoms with Gasteiger partial charge in [0, 0.05) is 62.6 Å². The van der Waals surface area contributed by atoms with Crippen LogP contribution < -0.4 is 10.2 Å². The summed E-state index contributed by atoms with van der Waals surface area (Å²) in [7, 11) is 4.04. The Labute approximate surface area is 120 Å². The Morgan fingerprint density at radius 1 is 1.35 bits per heavy atom. The first-order valence-electron chi connectivity index (χ1n) is 7.03. The molecule has 108 valence electrons. The number of aryl methyl sites for hydroxylation is 1. The Balaban J connectivity index is 2.06. The van der Waals surface area contributed by atoms with Crippen LogP contribution in [0.1, 0.15) is 24.5 Å². The van der Waals surface area contributed by atoms with E-state index < -0.39 is 0 Å². The summed E-state index contributed by atoms with van der Waals surface area (Å²) in [5, 5.41) is 7.64. The zero-order valence-electron chi connectivity index (χ0n) is 12.5. The average molecular weight is 273 g/mol. The van der Waals surface area contributed by atoms with E-state index in [1.165, 1.54) is 16.8 Å². The topological polar surface area (TPSA) is 46.0 Å². The van der Waals surface area contributed by atoms with Gasteiger partial charge in [0.1, 0.15) is 0 Å². The summed E-state index contributed by atoms with van der Waals surface area (Å²) in [4.78, 5) is 6.47. The van der Waals surface area contributed by atoms with E-state index in [0.29, 0.717) is 0 Å². The van der Waals surface area contributed by atoms with Crippen LogP contribution in [0.2, 0.25) is 0 Å². The molecule has 0 bridgehead atoms. The second-order valence-electron chi connectivity index (χ2n) is 5.06. The number of aromatic nitrogens is 3. The van der Waals surface area contributed by atoms with Crippen molar-refractivity contribution in [3.05, 3.63) is 42.0 Å². The smallest absolute Gasteiger partial charge is 0.0539 e. The number of rotatable bonds is 7. The van der Waals surface area contributed by atoms with Gasteiger partial charge in [-0.1, -0.05) is 6.92 Å². The molecule has 0 saturated carbocycles. The van der Waals surface area contributed by atoms with Crippen molar-refractivity contribution >= 4 is 5.69 Å². The zero-order valence-corrected chi connectivity index (χ0v) is 12.5. The summed E-state index contributed by atoms with van der Waals surface area (Å²) in [6, 6.07) is 2.07. The van der Waals surface area contributed by atoms with Gasteiger partial charge in [0.05, 0.1) is 6.20 Å². The summed E-state index contributed by atoms with van der Waals surface area (Å²) in [5.41, 5.74) is 3.65. The lowest BCUT2D eigenvalue weighted by molar-refractivity contribution is 0.672. The highest BCUT2D eigenvalue weighted by atomic mass is 15.2. The monoisotopic (exact) mass is 273 g/mol. The van der Waals surface area contributed by atoms with Crippen molar-refractivity contribution in [2.45, 2.75) is 26.4 Å². The van der Waals surface area contributed by atoms with E-state index >= 15 is 0 Å². The second-order valence-corrected chi connectivity index (χ2v) is 5.06. The van der Waals surface area contributed by atoms with Crippen LogP contribution in [0, 0.1) is 0 Å². The van der Waals surface area contributed by atoms with Crippen LogP contribution in [0.4, 0.5) is 5.69 Å². The third kappa shape index (κ3) is 3.81. The van der Waals surface area contributed by atoms with Gasteiger partial charge in [-0.15, -0.1) is 0 Å². The molecule has 2 aromatic heterocycles. The summed E-state index contributed by atoms with van der Waals surface area (Å²) in [6.07, 6.45) is 8.89. The van der Waals surface area contributed by atoms with E-state index in [1.54, 1.807) is 0 Å². The van der Waals surface area contributed by atoms with E-state index in [1.807, 2.05) is 36.5 Å². The summed E-state index contributed by atoms with van der Waals surface area (Å²) < 4.78 is 1.83. The van der Waals surface area contributed by atoms with Crippen LogP contribution in [0.3, 0.4) is 0 Å². The molecule has 2 heterocycles. The van der Waals surface area contributed by atoms with E-state index in [4.69, 9.17) is 0 Å². The lowest BCUT2D eigenvalue weighted by Gasteiger charge is -2.21. The molecule has 0 fully saturated rings. The average Bonchev–Trinajstić information content (AvgIpc) is 2.85. The van der Waals surface area contributed by atoms with Gasteiger partial charge in [-0.2, -0.15) is 5.10 Å². The van der Waals surface area contributed by atoms with Gasteiger partial charge >= 0.3 is 0 Å². The van der Waals surface area contributed by atoms with Crippen LogP contribution >= 0.6 is 0 Å². The molecule has 0 unspecified atom stereocenters. The number of hydrogen-bond donors (Lipinski definition) is 1. The highest BCUT2D eigenvalue weighted by Gasteiger charge is 2.08. The van der Waals surface area contributed by atoms with Crippen LogP contribution in [-0.4, -0.2) is 28.4 Å². The first-order valence-corrected chi connectivity index (χ1v) is 7.03. The van der Waals surface area contributed by atoms with E-state index in [-0.39, 0.29) is 0 Å². The van der Waals surface area contributed by atoms with Crippen molar-refractivity contribution in [1.82, 2.24) is 20.1 Å². The van der Waals surface area contributed by atoms with Crippen LogP contribution in [0.25, 0.3) is 0 Å². The van der Waals surface area contributed by atoms with Crippen molar-refractivity contribution < 1.29 is 0 Å². The molecule has 2 aromatic rings. The molecule has 0 aliphatic rings. The first kappa shape index (κ1) is 14.5. The second kappa shape index (κ2) is 7.05. The lowest BCUT2D eigenvalue weighted by Crippen LogP contribution is -2.21. The van der Waals surface area contributed by atoms with Gasteiger partial charge in [0.2, 0.25) is 0 Å². The fourth-order valence-corrected chi connectivity index (χ4v) is 2.24. The van der Waals surface area contributed by atoms with E-state index in [9.17, 15) is 0 Å². The Kier molecular flexibility index (Phi) is 5.12. The summed E-state index contributed by atoms with van der Waals surface area (Å²) in [6.45, 7) is 4.90. The Bertz CT molecular complexity index is 535. The van der Waals surface area contributed by atoms with Crippen molar-refractivity contribution in [3.63, 3.8) is 0 Å². The molecule has 0 amide bonds. The quantitative estimate of drug-likeness (QED) is 0.783. The number of nitrogens with one attached hydrogen (secondary N) is 1. The maximum atomic E-state index is 4.23. The Morgan fingerprint density at radius 3 is 2.90 bits per heavy atom. The maximum absolute atomic E-state index is 4.23. The molecule has 2 rings (SSSR count). The minimum atomic E-state index is 0.846. The molecular weight excluding hydrogens is 250 g/mol. The minimum absolute atomic E-state index is 0.846.